The van der Waals surface area contributed by atoms with Crippen LogP contribution in [0.5, 0.6) is 0 Å². The number of rotatable bonds is 6. The summed E-state index contributed by atoms with van der Waals surface area (Å²) in [6.07, 6.45) is 0.181. The van der Waals surface area contributed by atoms with Gasteiger partial charge in [0.1, 0.15) is 0 Å². The van der Waals surface area contributed by atoms with Gasteiger partial charge >= 0.3 is 0 Å². The molecule has 0 aliphatic carbocycles. The van der Waals surface area contributed by atoms with Crippen molar-refractivity contribution >= 4 is 11.7 Å². The minimum atomic E-state index is -0.787. The Bertz CT molecular complexity index is 707. The highest BCUT2D eigenvalue weighted by Crippen LogP contribution is 2.27. The molecule has 0 bridgehead atoms. The van der Waals surface area contributed by atoms with Crippen molar-refractivity contribution in [3.63, 3.8) is 0 Å². The van der Waals surface area contributed by atoms with Gasteiger partial charge in [0.15, 0.2) is 5.78 Å². The fraction of sp³-hybridized carbons (Fsp3) is 0.200. The molecule has 2 aromatic rings. The van der Waals surface area contributed by atoms with Crippen LogP contribution in [-0.4, -0.2) is 11.7 Å². The Hall–Kier alpha value is -2.68. The largest absolute Gasteiger partial charge is 0.343 e. The summed E-state index contributed by atoms with van der Waals surface area (Å²) in [5.41, 5.74) is 1.15. The van der Waals surface area contributed by atoms with Gasteiger partial charge in [0.2, 0.25) is 5.91 Å². The van der Waals surface area contributed by atoms with E-state index in [1.54, 1.807) is 19.1 Å². The number of hydrogen-bond donors (Lipinski definition) is 1. The van der Waals surface area contributed by atoms with Gasteiger partial charge in [-0.05, 0) is 19.4 Å². The Morgan fingerprint density at radius 3 is 2.04 bits per heavy atom. The lowest BCUT2D eigenvalue weighted by atomic mass is 9.85. The summed E-state index contributed by atoms with van der Waals surface area (Å²) >= 11 is 0. The third-order valence-corrected chi connectivity index (χ3v) is 3.80. The average Bonchev–Trinajstić information content (AvgIpc) is 2.56. The molecular formula is C20H21NO2. The Morgan fingerprint density at radius 2 is 1.52 bits per heavy atom. The zero-order chi connectivity index (χ0) is 16.9. The molecule has 118 valence electrons. The van der Waals surface area contributed by atoms with E-state index in [1.807, 2.05) is 55.5 Å². The maximum atomic E-state index is 12.6. The van der Waals surface area contributed by atoms with Gasteiger partial charge in [-0.25, -0.2) is 0 Å². The number of amides is 1. The van der Waals surface area contributed by atoms with E-state index in [0.717, 1.165) is 5.56 Å². The summed E-state index contributed by atoms with van der Waals surface area (Å²) < 4.78 is 0. The minimum absolute atomic E-state index is 0.0148. The Morgan fingerprint density at radius 1 is 1.00 bits per heavy atom. The molecule has 3 nitrogen and oxygen atoms in total. The first-order valence-electron chi connectivity index (χ1n) is 7.54. The molecule has 1 amide bonds. The molecule has 2 rings (SSSR count). The van der Waals surface area contributed by atoms with E-state index in [0.29, 0.717) is 11.1 Å². The van der Waals surface area contributed by atoms with E-state index in [4.69, 9.17) is 0 Å². The summed E-state index contributed by atoms with van der Waals surface area (Å²) in [4.78, 5) is 24.7. The van der Waals surface area contributed by atoms with Gasteiger partial charge in [-0.1, -0.05) is 67.2 Å². The first-order chi connectivity index (χ1) is 10.9. The summed E-state index contributed by atoms with van der Waals surface area (Å²) in [5.74, 6) is -0.267. The van der Waals surface area contributed by atoms with Crippen LogP contribution >= 0.6 is 0 Å². The van der Waals surface area contributed by atoms with Crippen molar-refractivity contribution in [3.8, 4) is 0 Å². The monoisotopic (exact) mass is 307 g/mol. The highest BCUT2D eigenvalue weighted by atomic mass is 16.2. The van der Waals surface area contributed by atoms with Gasteiger partial charge in [0.25, 0.3) is 0 Å². The third-order valence-electron chi connectivity index (χ3n) is 3.80. The van der Waals surface area contributed by atoms with Crippen LogP contribution in [0.1, 0.15) is 36.2 Å². The van der Waals surface area contributed by atoms with Crippen molar-refractivity contribution in [2.45, 2.75) is 25.8 Å². The molecule has 0 saturated heterocycles. The molecule has 0 aliphatic heterocycles. The number of Topliss-reactive ketones (excluding diaryl/α,β-unsaturated/α-hetero) is 1. The van der Waals surface area contributed by atoms with Gasteiger partial charge in [-0.2, -0.15) is 0 Å². The molecule has 0 radical (unpaired) electrons. The van der Waals surface area contributed by atoms with E-state index in [9.17, 15) is 9.59 Å². The lowest BCUT2D eigenvalue weighted by Gasteiger charge is -2.31. The van der Waals surface area contributed by atoms with Crippen molar-refractivity contribution in [2.24, 2.45) is 0 Å². The molecule has 23 heavy (non-hydrogen) atoms. The topological polar surface area (TPSA) is 46.2 Å². The number of carbonyl (C=O) groups excluding carboxylic acids is 2. The standard InChI is InChI=1S/C20H21NO2/c1-15(2)19(23)21-20(3,17-12-8-5-9-13-17)14-18(22)16-10-6-4-7-11-16/h4-13H,1,14H2,2-3H3,(H,21,23). The second kappa shape index (κ2) is 7.05. The lowest BCUT2D eigenvalue weighted by molar-refractivity contribution is -0.119. The fourth-order valence-electron chi connectivity index (χ4n) is 2.43. The van der Waals surface area contributed by atoms with Crippen LogP contribution in [0.4, 0.5) is 0 Å². The highest BCUT2D eigenvalue weighted by molar-refractivity contribution is 5.98. The molecule has 1 atom stereocenters. The number of carbonyl (C=O) groups is 2. The summed E-state index contributed by atoms with van der Waals surface area (Å²) in [6, 6.07) is 18.6. The molecule has 0 aliphatic rings. The van der Waals surface area contributed by atoms with E-state index in [1.165, 1.54) is 0 Å². The number of nitrogens with one attached hydrogen (secondary N) is 1. The van der Waals surface area contributed by atoms with Crippen LogP contribution in [0.15, 0.2) is 72.8 Å². The van der Waals surface area contributed by atoms with Crippen molar-refractivity contribution in [3.05, 3.63) is 83.9 Å². The van der Waals surface area contributed by atoms with Crippen LogP contribution < -0.4 is 5.32 Å². The number of hydrogen-bond acceptors (Lipinski definition) is 2. The van der Waals surface area contributed by atoms with Crippen LogP contribution in [-0.2, 0) is 10.3 Å². The van der Waals surface area contributed by atoms with E-state index in [-0.39, 0.29) is 18.1 Å². The quantitative estimate of drug-likeness (QED) is 0.650. The predicted molar refractivity (Wildman–Crippen MR) is 92.1 cm³/mol. The maximum Gasteiger partial charge on any atom is 0.247 e. The molecule has 0 heterocycles. The van der Waals surface area contributed by atoms with Crippen LogP contribution in [0.3, 0.4) is 0 Å². The van der Waals surface area contributed by atoms with Crippen LogP contribution in [0.25, 0.3) is 0 Å². The summed E-state index contributed by atoms with van der Waals surface area (Å²) in [5, 5.41) is 2.95. The molecule has 0 aromatic heterocycles. The van der Waals surface area contributed by atoms with E-state index >= 15 is 0 Å². The first-order valence-corrected chi connectivity index (χ1v) is 7.54. The molecule has 1 unspecified atom stereocenters. The lowest BCUT2D eigenvalue weighted by Crippen LogP contribution is -2.45. The molecule has 3 heteroatoms. The van der Waals surface area contributed by atoms with Crippen molar-refractivity contribution in [1.82, 2.24) is 5.32 Å². The average molecular weight is 307 g/mol. The first kappa shape index (κ1) is 16.7. The minimum Gasteiger partial charge on any atom is -0.343 e. The van der Waals surface area contributed by atoms with Gasteiger partial charge in [-0.3, -0.25) is 9.59 Å². The third kappa shape index (κ3) is 4.16. The smallest absolute Gasteiger partial charge is 0.247 e. The predicted octanol–water partition coefficient (Wildman–Crippen LogP) is 3.87. The Labute approximate surface area is 137 Å². The molecular weight excluding hydrogens is 286 g/mol. The maximum absolute atomic E-state index is 12.6. The van der Waals surface area contributed by atoms with Crippen LogP contribution in [0, 0.1) is 0 Å². The van der Waals surface area contributed by atoms with Gasteiger partial charge in [-0.15, -0.1) is 0 Å². The fourth-order valence-corrected chi connectivity index (χ4v) is 2.43. The Kier molecular flexibility index (Phi) is 5.12. The van der Waals surface area contributed by atoms with E-state index in [2.05, 4.69) is 11.9 Å². The van der Waals surface area contributed by atoms with Gasteiger partial charge < -0.3 is 5.32 Å². The van der Waals surface area contributed by atoms with Crippen molar-refractivity contribution in [2.75, 3.05) is 0 Å². The number of ketones is 1. The Balaban J connectivity index is 2.32. The van der Waals surface area contributed by atoms with Crippen molar-refractivity contribution in [1.29, 1.82) is 0 Å². The zero-order valence-electron chi connectivity index (χ0n) is 13.5. The van der Waals surface area contributed by atoms with Crippen molar-refractivity contribution < 1.29 is 9.59 Å². The van der Waals surface area contributed by atoms with Gasteiger partial charge in [0.05, 0.1) is 5.54 Å². The van der Waals surface area contributed by atoms with Gasteiger partial charge in [0, 0.05) is 17.6 Å². The highest BCUT2D eigenvalue weighted by Gasteiger charge is 2.31. The molecule has 0 spiro atoms. The molecule has 0 saturated carbocycles. The second-order valence-corrected chi connectivity index (χ2v) is 5.90. The van der Waals surface area contributed by atoms with Crippen LogP contribution in [0.2, 0.25) is 0 Å². The second-order valence-electron chi connectivity index (χ2n) is 5.90. The zero-order valence-corrected chi connectivity index (χ0v) is 13.5. The summed E-state index contributed by atoms with van der Waals surface area (Å²) in [7, 11) is 0. The van der Waals surface area contributed by atoms with E-state index < -0.39 is 5.54 Å². The number of benzene rings is 2. The SMILES string of the molecule is C=C(C)C(=O)NC(C)(CC(=O)c1ccccc1)c1ccccc1. The molecule has 2 aromatic carbocycles. The normalized spacial score (nSPS) is 13.0. The molecule has 1 N–H and O–H groups in total. The summed E-state index contributed by atoms with van der Waals surface area (Å²) in [6.45, 7) is 7.19. The molecule has 0 fully saturated rings.